The molecule has 0 radical (unpaired) electrons. The van der Waals surface area contributed by atoms with Gasteiger partial charge in [0.15, 0.2) is 17.2 Å². The zero-order valence-electron chi connectivity index (χ0n) is 16.5. The normalized spacial score (nSPS) is 12.1. The van der Waals surface area contributed by atoms with Crippen molar-refractivity contribution < 1.29 is 23.4 Å². The molecule has 1 aliphatic rings. The molecule has 0 saturated heterocycles. The number of aryl methyl sites for hydroxylation is 1. The predicted octanol–water partition coefficient (Wildman–Crippen LogP) is 3.97. The number of carbonyl (C=O) groups is 1. The number of benzene rings is 2. The number of aromatic nitrogens is 2. The first-order valence-electron chi connectivity index (χ1n) is 9.37. The van der Waals surface area contributed by atoms with Gasteiger partial charge in [0, 0.05) is 11.1 Å². The third-order valence-corrected chi connectivity index (χ3v) is 5.03. The summed E-state index contributed by atoms with van der Waals surface area (Å²) in [6.45, 7) is 2.02. The van der Waals surface area contributed by atoms with Gasteiger partial charge in [0.1, 0.15) is 5.82 Å². The molecule has 1 aromatic heterocycles. The molecule has 0 amide bonds. The smallest absolute Gasteiger partial charge is 0.359 e. The van der Waals surface area contributed by atoms with Crippen molar-refractivity contribution >= 4 is 5.97 Å². The third-order valence-electron chi connectivity index (χ3n) is 5.03. The van der Waals surface area contributed by atoms with E-state index < -0.39 is 5.97 Å². The third kappa shape index (κ3) is 3.22. The number of fused-ring (bicyclic) bond motifs is 3. The number of hydrogen-bond acceptors (Lipinski definition) is 5. The van der Waals surface area contributed by atoms with Crippen molar-refractivity contribution in [2.75, 3.05) is 20.8 Å². The van der Waals surface area contributed by atoms with Crippen LogP contribution in [-0.2, 0) is 17.6 Å². The first kappa shape index (κ1) is 19.0. The Hall–Kier alpha value is -3.35. The van der Waals surface area contributed by atoms with Crippen LogP contribution < -0.4 is 9.47 Å². The van der Waals surface area contributed by atoms with Gasteiger partial charge in [0.2, 0.25) is 0 Å². The van der Waals surface area contributed by atoms with Crippen LogP contribution in [0.5, 0.6) is 11.5 Å². The van der Waals surface area contributed by atoms with E-state index in [1.807, 2.05) is 12.1 Å². The molecular weight excluding hydrogens is 375 g/mol. The maximum absolute atomic E-state index is 13.5. The summed E-state index contributed by atoms with van der Waals surface area (Å²) in [6, 6.07) is 9.84. The highest BCUT2D eigenvalue weighted by atomic mass is 19.1. The Labute approximate surface area is 167 Å². The van der Waals surface area contributed by atoms with Crippen molar-refractivity contribution in [3.8, 4) is 28.4 Å². The van der Waals surface area contributed by atoms with Crippen molar-refractivity contribution in [3.63, 3.8) is 0 Å². The second-order valence-corrected chi connectivity index (χ2v) is 6.65. The van der Waals surface area contributed by atoms with Crippen molar-refractivity contribution in [2.45, 2.75) is 19.8 Å². The molecule has 2 aromatic carbocycles. The summed E-state index contributed by atoms with van der Waals surface area (Å²) in [6.07, 6.45) is 1.36. The van der Waals surface area contributed by atoms with E-state index in [1.165, 1.54) is 12.1 Å². The van der Waals surface area contributed by atoms with E-state index >= 15 is 0 Å². The van der Waals surface area contributed by atoms with Crippen LogP contribution in [0.25, 0.3) is 16.9 Å². The van der Waals surface area contributed by atoms with Gasteiger partial charge in [-0.25, -0.2) is 13.9 Å². The van der Waals surface area contributed by atoms with Crippen LogP contribution in [0.15, 0.2) is 36.4 Å². The lowest BCUT2D eigenvalue weighted by Crippen LogP contribution is -2.11. The van der Waals surface area contributed by atoms with Crippen LogP contribution in [0.3, 0.4) is 0 Å². The molecule has 0 atom stereocenters. The van der Waals surface area contributed by atoms with Gasteiger partial charge in [-0.1, -0.05) is 0 Å². The van der Waals surface area contributed by atoms with E-state index in [1.54, 1.807) is 38.0 Å². The lowest BCUT2D eigenvalue weighted by atomic mass is 9.88. The molecule has 150 valence electrons. The molecular formula is C22H21FN2O4. The second kappa shape index (κ2) is 7.58. The van der Waals surface area contributed by atoms with Crippen molar-refractivity contribution in [3.05, 3.63) is 59.0 Å². The Morgan fingerprint density at radius 2 is 1.79 bits per heavy atom. The number of halogens is 1. The van der Waals surface area contributed by atoms with Crippen LogP contribution in [0.2, 0.25) is 0 Å². The standard InChI is InChI=1S/C22H21FN2O4/c1-4-29-22(26)20-16-10-5-13-11-18(27-2)19(28-3)12-17(13)21(16)25(24-20)15-8-6-14(23)7-9-15/h6-9,11-12H,4-5,10H2,1-3H3. The van der Waals surface area contributed by atoms with Gasteiger partial charge in [-0.3, -0.25) is 0 Å². The fourth-order valence-electron chi connectivity index (χ4n) is 3.70. The number of hydrogen-bond donors (Lipinski definition) is 0. The Balaban J connectivity index is 1.97. The minimum absolute atomic E-state index is 0.263. The molecule has 4 rings (SSSR count). The summed E-state index contributed by atoms with van der Waals surface area (Å²) in [5.41, 5.74) is 4.49. The SMILES string of the molecule is CCOC(=O)c1nn(-c2ccc(F)cc2)c2c1CCc1cc(OC)c(OC)cc1-2. The van der Waals surface area contributed by atoms with Crippen LogP contribution in [-0.4, -0.2) is 36.6 Å². The van der Waals surface area contributed by atoms with E-state index in [0.717, 1.165) is 28.8 Å². The molecule has 0 saturated carbocycles. The average Bonchev–Trinajstić information content (AvgIpc) is 3.13. The minimum atomic E-state index is -0.464. The van der Waals surface area contributed by atoms with Gasteiger partial charge in [-0.2, -0.15) is 5.10 Å². The largest absolute Gasteiger partial charge is 0.493 e. The predicted molar refractivity (Wildman–Crippen MR) is 105 cm³/mol. The van der Waals surface area contributed by atoms with Crippen LogP contribution in [0.4, 0.5) is 4.39 Å². The molecule has 7 heteroatoms. The Bertz CT molecular complexity index is 1070. The summed E-state index contributed by atoms with van der Waals surface area (Å²) in [5.74, 6) is 0.428. The number of esters is 1. The molecule has 0 unspecified atom stereocenters. The molecule has 6 nitrogen and oxygen atoms in total. The highest BCUT2D eigenvalue weighted by Gasteiger charge is 2.30. The van der Waals surface area contributed by atoms with E-state index in [4.69, 9.17) is 14.2 Å². The van der Waals surface area contributed by atoms with E-state index in [2.05, 4.69) is 5.10 Å². The van der Waals surface area contributed by atoms with Gasteiger partial charge in [-0.05, 0) is 61.7 Å². The quantitative estimate of drug-likeness (QED) is 0.611. The van der Waals surface area contributed by atoms with Gasteiger partial charge < -0.3 is 14.2 Å². The number of methoxy groups -OCH3 is 2. The lowest BCUT2D eigenvalue weighted by Gasteiger charge is -2.21. The topological polar surface area (TPSA) is 62.6 Å². The summed E-state index contributed by atoms with van der Waals surface area (Å²) >= 11 is 0. The molecule has 0 fully saturated rings. The number of nitrogens with zero attached hydrogens (tertiary/aromatic N) is 2. The Morgan fingerprint density at radius 3 is 2.45 bits per heavy atom. The minimum Gasteiger partial charge on any atom is -0.493 e. The first-order chi connectivity index (χ1) is 14.1. The van der Waals surface area contributed by atoms with Gasteiger partial charge >= 0.3 is 5.97 Å². The highest BCUT2D eigenvalue weighted by Crippen LogP contribution is 2.42. The summed E-state index contributed by atoms with van der Waals surface area (Å²) in [7, 11) is 3.18. The first-order valence-corrected chi connectivity index (χ1v) is 9.37. The summed E-state index contributed by atoms with van der Waals surface area (Å²) in [5, 5.41) is 4.55. The molecule has 0 bridgehead atoms. The molecule has 1 heterocycles. The van der Waals surface area contributed by atoms with E-state index in [0.29, 0.717) is 23.6 Å². The van der Waals surface area contributed by atoms with Gasteiger partial charge in [0.05, 0.1) is 32.2 Å². The fourth-order valence-corrected chi connectivity index (χ4v) is 3.70. The number of rotatable bonds is 5. The summed E-state index contributed by atoms with van der Waals surface area (Å²) < 4.78 is 31.3. The highest BCUT2D eigenvalue weighted by molar-refractivity contribution is 5.92. The lowest BCUT2D eigenvalue weighted by molar-refractivity contribution is 0.0517. The molecule has 0 N–H and O–H groups in total. The molecule has 3 aromatic rings. The van der Waals surface area contributed by atoms with E-state index in [-0.39, 0.29) is 18.1 Å². The van der Waals surface area contributed by atoms with Crippen molar-refractivity contribution in [2.24, 2.45) is 0 Å². The molecule has 0 aliphatic heterocycles. The Morgan fingerprint density at radius 1 is 1.10 bits per heavy atom. The van der Waals surface area contributed by atoms with E-state index in [9.17, 15) is 9.18 Å². The van der Waals surface area contributed by atoms with Crippen LogP contribution >= 0.6 is 0 Å². The van der Waals surface area contributed by atoms with Crippen LogP contribution in [0, 0.1) is 5.82 Å². The average molecular weight is 396 g/mol. The number of ether oxygens (including phenoxy) is 3. The maximum atomic E-state index is 13.5. The van der Waals surface area contributed by atoms with Gasteiger partial charge in [-0.15, -0.1) is 0 Å². The summed E-state index contributed by atoms with van der Waals surface area (Å²) in [4.78, 5) is 12.5. The molecule has 0 spiro atoms. The zero-order chi connectivity index (χ0) is 20.5. The molecule has 29 heavy (non-hydrogen) atoms. The second-order valence-electron chi connectivity index (χ2n) is 6.65. The Kier molecular flexibility index (Phi) is 4.96. The van der Waals surface area contributed by atoms with Gasteiger partial charge in [0.25, 0.3) is 0 Å². The monoisotopic (exact) mass is 396 g/mol. The van der Waals surface area contributed by atoms with Crippen molar-refractivity contribution in [1.82, 2.24) is 9.78 Å². The molecule has 1 aliphatic carbocycles. The maximum Gasteiger partial charge on any atom is 0.359 e. The zero-order valence-corrected chi connectivity index (χ0v) is 16.5. The number of carbonyl (C=O) groups excluding carboxylic acids is 1. The van der Waals surface area contributed by atoms with Crippen molar-refractivity contribution in [1.29, 1.82) is 0 Å². The fraction of sp³-hybridized carbons (Fsp3) is 0.273. The van der Waals surface area contributed by atoms with Crippen LogP contribution in [0.1, 0.15) is 28.5 Å².